The van der Waals surface area contributed by atoms with Crippen LogP contribution >= 0.6 is 0 Å². The first-order valence-corrected chi connectivity index (χ1v) is 8.49. The minimum Gasteiger partial charge on any atom is -0.389 e. The van der Waals surface area contributed by atoms with E-state index in [4.69, 9.17) is 0 Å². The molecule has 1 amide bonds. The Morgan fingerprint density at radius 3 is 2.69 bits per heavy atom. The van der Waals surface area contributed by atoms with E-state index in [0.29, 0.717) is 18.7 Å². The maximum atomic E-state index is 13.1. The summed E-state index contributed by atoms with van der Waals surface area (Å²) in [4.78, 5) is 12.3. The summed E-state index contributed by atoms with van der Waals surface area (Å²) in [5.41, 5.74) is 2.55. The lowest BCUT2D eigenvalue weighted by Gasteiger charge is -2.13. The number of para-hydroxylation sites is 1. The fourth-order valence-electron chi connectivity index (χ4n) is 2.54. The molecule has 0 heterocycles. The summed E-state index contributed by atoms with van der Waals surface area (Å²) in [6, 6.07) is 15.8. The van der Waals surface area contributed by atoms with Gasteiger partial charge in [0.1, 0.15) is 17.5 Å². The number of carbonyl (C=O) groups excluding carboxylic acids is 1. The number of benzene rings is 2. The van der Waals surface area contributed by atoms with Crippen LogP contribution in [0.1, 0.15) is 30.9 Å². The van der Waals surface area contributed by atoms with Crippen molar-refractivity contribution in [2.75, 3.05) is 11.9 Å². The summed E-state index contributed by atoms with van der Waals surface area (Å²) in [6.45, 7) is 4.57. The lowest BCUT2D eigenvalue weighted by atomic mass is 10.0. The molecule has 0 unspecified atom stereocenters. The molecule has 0 bridgehead atoms. The molecule has 0 atom stereocenters. The van der Waals surface area contributed by atoms with E-state index < -0.39 is 5.91 Å². The molecular formula is C21H22FN3O. The number of carbonyl (C=O) groups is 1. The molecule has 0 saturated carbocycles. The number of hydrogen-bond donors (Lipinski definition) is 2. The van der Waals surface area contributed by atoms with E-state index in [1.165, 1.54) is 18.3 Å². The zero-order valence-electron chi connectivity index (χ0n) is 14.9. The average Bonchev–Trinajstić information content (AvgIpc) is 2.62. The van der Waals surface area contributed by atoms with Gasteiger partial charge in [0.05, 0.1) is 0 Å². The first kappa shape index (κ1) is 19.2. The number of anilines is 1. The predicted molar refractivity (Wildman–Crippen MR) is 101 cm³/mol. The molecule has 2 N–H and O–H groups in total. The van der Waals surface area contributed by atoms with Gasteiger partial charge in [-0.05, 0) is 41.7 Å². The van der Waals surface area contributed by atoms with Crippen LogP contribution in [0.15, 0.2) is 60.3 Å². The topological polar surface area (TPSA) is 64.9 Å². The molecule has 2 rings (SSSR count). The van der Waals surface area contributed by atoms with Crippen LogP contribution in [0.4, 0.5) is 10.1 Å². The monoisotopic (exact) mass is 351 g/mol. The number of hydrogen-bond acceptors (Lipinski definition) is 3. The van der Waals surface area contributed by atoms with Crippen molar-refractivity contribution < 1.29 is 9.18 Å². The average molecular weight is 351 g/mol. The Morgan fingerprint density at radius 2 is 2.00 bits per heavy atom. The Kier molecular flexibility index (Phi) is 6.92. The van der Waals surface area contributed by atoms with Gasteiger partial charge in [-0.1, -0.05) is 44.2 Å². The minimum absolute atomic E-state index is 0.0113. The number of nitrogens with one attached hydrogen (secondary N) is 2. The molecule has 0 aromatic heterocycles. The van der Waals surface area contributed by atoms with Crippen molar-refractivity contribution in [3.05, 3.63) is 77.2 Å². The molecular weight excluding hydrogens is 329 g/mol. The van der Waals surface area contributed by atoms with Gasteiger partial charge in [-0.2, -0.15) is 5.26 Å². The van der Waals surface area contributed by atoms with Gasteiger partial charge >= 0.3 is 0 Å². The predicted octanol–water partition coefficient (Wildman–Crippen LogP) is 4.13. The summed E-state index contributed by atoms with van der Waals surface area (Å²) in [7, 11) is 0. The second kappa shape index (κ2) is 9.38. The van der Waals surface area contributed by atoms with Crippen LogP contribution in [0.25, 0.3) is 0 Å². The number of nitrogens with zero attached hydrogens (tertiary/aromatic N) is 1. The van der Waals surface area contributed by atoms with E-state index in [0.717, 1.165) is 11.1 Å². The molecule has 0 saturated heterocycles. The maximum absolute atomic E-state index is 13.1. The van der Waals surface area contributed by atoms with Crippen molar-refractivity contribution in [1.29, 1.82) is 5.26 Å². The van der Waals surface area contributed by atoms with Gasteiger partial charge in [-0.15, -0.1) is 0 Å². The van der Waals surface area contributed by atoms with E-state index in [1.807, 2.05) is 50.2 Å². The first-order chi connectivity index (χ1) is 12.5. The first-order valence-electron chi connectivity index (χ1n) is 8.49. The Labute approximate surface area is 153 Å². The highest BCUT2D eigenvalue weighted by atomic mass is 19.1. The molecule has 0 aliphatic heterocycles. The summed E-state index contributed by atoms with van der Waals surface area (Å²) >= 11 is 0. The quantitative estimate of drug-likeness (QED) is 0.448. The summed E-state index contributed by atoms with van der Waals surface area (Å²) < 4.78 is 13.1. The third-order valence-electron chi connectivity index (χ3n) is 3.89. The Morgan fingerprint density at radius 1 is 1.23 bits per heavy atom. The Balaban J connectivity index is 1.96. The highest BCUT2D eigenvalue weighted by molar-refractivity contribution is 6.06. The van der Waals surface area contributed by atoms with Gasteiger partial charge in [-0.25, -0.2) is 4.39 Å². The molecule has 4 nitrogen and oxygen atoms in total. The van der Waals surface area contributed by atoms with E-state index in [9.17, 15) is 14.4 Å². The third-order valence-corrected chi connectivity index (χ3v) is 3.89. The van der Waals surface area contributed by atoms with Crippen molar-refractivity contribution in [1.82, 2.24) is 5.32 Å². The molecule has 2 aromatic rings. The minimum atomic E-state index is -0.459. The van der Waals surface area contributed by atoms with E-state index >= 15 is 0 Å². The van der Waals surface area contributed by atoms with Gasteiger partial charge in [0.2, 0.25) is 0 Å². The van der Waals surface area contributed by atoms with Crippen molar-refractivity contribution in [2.24, 2.45) is 0 Å². The van der Waals surface area contributed by atoms with E-state index in [1.54, 1.807) is 6.07 Å². The molecule has 0 aliphatic carbocycles. The lowest BCUT2D eigenvalue weighted by molar-refractivity contribution is -0.112. The number of nitriles is 1. The van der Waals surface area contributed by atoms with Gasteiger partial charge in [0.25, 0.3) is 5.91 Å². The fourth-order valence-corrected chi connectivity index (χ4v) is 2.54. The fraction of sp³-hybridized carbons (Fsp3) is 0.238. The summed E-state index contributed by atoms with van der Waals surface area (Å²) in [5, 5.41) is 15.0. The zero-order valence-corrected chi connectivity index (χ0v) is 14.9. The van der Waals surface area contributed by atoms with Gasteiger partial charge in [0.15, 0.2) is 0 Å². The highest BCUT2D eigenvalue weighted by Crippen LogP contribution is 2.23. The highest BCUT2D eigenvalue weighted by Gasteiger charge is 2.12. The van der Waals surface area contributed by atoms with Crippen molar-refractivity contribution >= 4 is 11.6 Å². The van der Waals surface area contributed by atoms with Gasteiger partial charge in [-0.3, -0.25) is 4.79 Å². The molecule has 0 spiro atoms. The SMILES string of the molecule is CC(C)c1ccccc1NC(=O)/C(C#N)=C\NCCc1cccc(F)c1. The molecule has 0 radical (unpaired) electrons. The lowest BCUT2D eigenvalue weighted by Crippen LogP contribution is -2.18. The number of amides is 1. The van der Waals surface area contributed by atoms with E-state index in [2.05, 4.69) is 10.6 Å². The van der Waals surface area contributed by atoms with Crippen LogP contribution in [0.5, 0.6) is 0 Å². The van der Waals surface area contributed by atoms with Crippen LogP contribution in [-0.4, -0.2) is 12.5 Å². The normalized spacial score (nSPS) is 11.1. The molecule has 134 valence electrons. The largest absolute Gasteiger partial charge is 0.389 e. The van der Waals surface area contributed by atoms with Crippen LogP contribution in [0, 0.1) is 17.1 Å². The third kappa shape index (κ3) is 5.45. The van der Waals surface area contributed by atoms with Gasteiger partial charge < -0.3 is 10.6 Å². The van der Waals surface area contributed by atoms with Crippen LogP contribution in [0.2, 0.25) is 0 Å². The number of rotatable bonds is 7. The summed E-state index contributed by atoms with van der Waals surface area (Å²) in [6.07, 6.45) is 1.98. The van der Waals surface area contributed by atoms with Crippen molar-refractivity contribution in [3.8, 4) is 6.07 Å². The maximum Gasteiger partial charge on any atom is 0.267 e. The van der Waals surface area contributed by atoms with Crippen LogP contribution < -0.4 is 10.6 Å². The smallest absolute Gasteiger partial charge is 0.267 e. The molecule has 2 aromatic carbocycles. The zero-order chi connectivity index (χ0) is 18.9. The molecule has 0 aliphatic rings. The second-order valence-corrected chi connectivity index (χ2v) is 6.20. The van der Waals surface area contributed by atoms with Crippen LogP contribution in [0.3, 0.4) is 0 Å². The summed E-state index contributed by atoms with van der Waals surface area (Å²) in [5.74, 6) is -0.483. The second-order valence-electron chi connectivity index (χ2n) is 6.20. The molecule has 5 heteroatoms. The Bertz CT molecular complexity index is 837. The van der Waals surface area contributed by atoms with Gasteiger partial charge in [0, 0.05) is 18.4 Å². The molecule has 0 fully saturated rings. The number of halogens is 1. The van der Waals surface area contributed by atoms with Crippen molar-refractivity contribution in [2.45, 2.75) is 26.2 Å². The van der Waals surface area contributed by atoms with Crippen LogP contribution in [-0.2, 0) is 11.2 Å². The van der Waals surface area contributed by atoms with Crippen molar-refractivity contribution in [3.63, 3.8) is 0 Å². The standard InChI is InChI=1S/C21H22FN3O/c1-15(2)19-8-3-4-9-20(19)25-21(26)17(13-23)14-24-11-10-16-6-5-7-18(22)12-16/h3-9,12,14-15,24H,10-11H2,1-2H3,(H,25,26)/b17-14-. The Hall–Kier alpha value is -3.13. The molecule has 26 heavy (non-hydrogen) atoms. The van der Waals surface area contributed by atoms with E-state index in [-0.39, 0.29) is 17.3 Å².